The fraction of sp³-hybridized carbons (Fsp3) is 0.538. The summed E-state index contributed by atoms with van der Waals surface area (Å²) in [5.41, 5.74) is 2.86. The maximum atomic E-state index is 5.91. The minimum Gasteiger partial charge on any atom is -0.369 e. The third-order valence-corrected chi connectivity index (χ3v) is 3.61. The molecule has 0 saturated heterocycles. The number of hydrogen-bond acceptors (Lipinski definition) is 1. The van der Waals surface area contributed by atoms with Gasteiger partial charge in [-0.3, -0.25) is 0 Å². The summed E-state index contributed by atoms with van der Waals surface area (Å²) in [6, 6.07) is 8.68. The van der Waals surface area contributed by atoms with Crippen molar-refractivity contribution in [1.29, 1.82) is 0 Å². The number of hydrogen-bond donors (Lipinski definition) is 0. The summed E-state index contributed by atoms with van der Waals surface area (Å²) in [7, 11) is 0. The van der Waals surface area contributed by atoms with E-state index in [4.69, 9.17) is 4.74 Å². The van der Waals surface area contributed by atoms with Crippen LogP contribution in [-0.2, 0) is 11.3 Å². The molecule has 0 radical (unpaired) electrons. The first-order chi connectivity index (χ1) is 6.95. The average Bonchev–Trinajstić information content (AvgIpc) is 2.85. The maximum absolute atomic E-state index is 5.91. The quantitative estimate of drug-likeness (QED) is 0.656. The second-order valence-electron chi connectivity index (χ2n) is 4.47. The Balaban J connectivity index is 1.89. The topological polar surface area (TPSA) is 9.23 Å². The third-order valence-electron chi connectivity index (χ3n) is 3.61. The summed E-state index contributed by atoms with van der Waals surface area (Å²) in [6.45, 7) is 0.831. The van der Waals surface area contributed by atoms with Crippen LogP contribution in [0, 0.1) is 5.92 Å². The standard InChI is InChI=1S/C13H16O/c1-2-6-10(5-1)13-12-8-4-3-7-11(12)9-14-13/h3-4,7-8,10,13H,1-2,5-6,9H2. The Morgan fingerprint density at radius 2 is 1.86 bits per heavy atom. The van der Waals surface area contributed by atoms with Crippen molar-refractivity contribution in [3.63, 3.8) is 0 Å². The summed E-state index contributed by atoms with van der Waals surface area (Å²) in [4.78, 5) is 0. The lowest BCUT2D eigenvalue weighted by Gasteiger charge is -2.18. The molecule has 14 heavy (non-hydrogen) atoms. The molecule has 1 aromatic rings. The van der Waals surface area contributed by atoms with E-state index in [1.165, 1.54) is 36.8 Å². The van der Waals surface area contributed by atoms with E-state index in [-0.39, 0.29) is 0 Å². The van der Waals surface area contributed by atoms with Crippen LogP contribution < -0.4 is 0 Å². The van der Waals surface area contributed by atoms with Gasteiger partial charge in [-0.15, -0.1) is 0 Å². The zero-order valence-electron chi connectivity index (χ0n) is 8.41. The highest BCUT2D eigenvalue weighted by Crippen LogP contribution is 2.42. The molecule has 2 aliphatic rings. The van der Waals surface area contributed by atoms with E-state index in [1.54, 1.807) is 0 Å². The van der Waals surface area contributed by atoms with Crippen LogP contribution in [0.3, 0.4) is 0 Å². The van der Waals surface area contributed by atoms with Gasteiger partial charge in [0.05, 0.1) is 12.7 Å². The van der Waals surface area contributed by atoms with Crippen molar-refractivity contribution in [1.82, 2.24) is 0 Å². The minimum absolute atomic E-state index is 0.411. The first kappa shape index (κ1) is 8.49. The molecule has 1 unspecified atom stereocenters. The van der Waals surface area contributed by atoms with Gasteiger partial charge in [-0.1, -0.05) is 37.1 Å². The van der Waals surface area contributed by atoms with Crippen LogP contribution in [0.15, 0.2) is 24.3 Å². The van der Waals surface area contributed by atoms with Gasteiger partial charge >= 0.3 is 0 Å². The Hall–Kier alpha value is -0.820. The molecule has 74 valence electrons. The van der Waals surface area contributed by atoms with Crippen LogP contribution in [0.4, 0.5) is 0 Å². The van der Waals surface area contributed by atoms with Gasteiger partial charge < -0.3 is 4.74 Å². The van der Waals surface area contributed by atoms with E-state index in [9.17, 15) is 0 Å². The summed E-state index contributed by atoms with van der Waals surface area (Å²) in [5.74, 6) is 0.790. The summed E-state index contributed by atoms with van der Waals surface area (Å²) in [5, 5.41) is 0. The largest absolute Gasteiger partial charge is 0.369 e. The lowest BCUT2D eigenvalue weighted by atomic mass is 9.93. The van der Waals surface area contributed by atoms with Crippen molar-refractivity contribution in [2.45, 2.75) is 38.4 Å². The fourth-order valence-electron chi connectivity index (χ4n) is 2.86. The predicted octanol–water partition coefficient (Wildman–Crippen LogP) is 3.45. The Bertz CT molecular complexity index is 326. The Morgan fingerprint density at radius 3 is 2.71 bits per heavy atom. The highest BCUT2D eigenvalue weighted by Gasteiger charge is 2.31. The normalized spacial score (nSPS) is 26.7. The van der Waals surface area contributed by atoms with Gasteiger partial charge in [-0.2, -0.15) is 0 Å². The molecule has 1 aliphatic carbocycles. The van der Waals surface area contributed by atoms with Crippen LogP contribution in [0.2, 0.25) is 0 Å². The molecule has 0 amide bonds. The van der Waals surface area contributed by atoms with Crippen molar-refractivity contribution in [2.24, 2.45) is 5.92 Å². The maximum Gasteiger partial charge on any atom is 0.0861 e. The van der Waals surface area contributed by atoms with Gasteiger partial charge in [-0.25, -0.2) is 0 Å². The van der Waals surface area contributed by atoms with E-state index in [0.717, 1.165) is 12.5 Å². The number of fused-ring (bicyclic) bond motifs is 1. The molecule has 1 aromatic carbocycles. The molecule has 1 saturated carbocycles. The second-order valence-corrected chi connectivity index (χ2v) is 4.47. The second kappa shape index (κ2) is 3.39. The molecule has 1 heterocycles. The summed E-state index contributed by atoms with van der Waals surface area (Å²) >= 11 is 0. The van der Waals surface area contributed by atoms with Gasteiger partial charge in [0.1, 0.15) is 0 Å². The molecular formula is C13H16O. The zero-order chi connectivity index (χ0) is 9.38. The highest BCUT2D eigenvalue weighted by atomic mass is 16.5. The number of rotatable bonds is 1. The van der Waals surface area contributed by atoms with Crippen LogP contribution in [-0.4, -0.2) is 0 Å². The smallest absolute Gasteiger partial charge is 0.0861 e. The first-order valence-electron chi connectivity index (χ1n) is 5.64. The molecule has 1 atom stereocenters. The molecule has 0 aromatic heterocycles. The predicted molar refractivity (Wildman–Crippen MR) is 55.9 cm³/mol. The van der Waals surface area contributed by atoms with E-state index in [1.807, 2.05) is 0 Å². The Kier molecular flexibility index (Phi) is 2.06. The molecule has 1 heteroatoms. The highest BCUT2D eigenvalue weighted by molar-refractivity contribution is 5.31. The van der Waals surface area contributed by atoms with Gasteiger partial charge in [0.25, 0.3) is 0 Å². The molecular weight excluding hydrogens is 172 g/mol. The van der Waals surface area contributed by atoms with E-state index < -0.39 is 0 Å². The SMILES string of the molecule is c1ccc2c(c1)COC2C1CCCC1. The van der Waals surface area contributed by atoms with Crippen LogP contribution in [0.25, 0.3) is 0 Å². The number of ether oxygens (including phenoxy) is 1. The summed E-state index contributed by atoms with van der Waals surface area (Å²) in [6.07, 6.45) is 5.92. The van der Waals surface area contributed by atoms with Gasteiger partial charge in [0.2, 0.25) is 0 Å². The van der Waals surface area contributed by atoms with Crippen molar-refractivity contribution < 1.29 is 4.74 Å². The molecule has 0 N–H and O–H groups in total. The summed E-state index contributed by atoms with van der Waals surface area (Å²) < 4.78 is 5.91. The molecule has 3 rings (SSSR count). The van der Waals surface area contributed by atoms with E-state index in [2.05, 4.69) is 24.3 Å². The average molecular weight is 188 g/mol. The monoisotopic (exact) mass is 188 g/mol. The van der Waals surface area contributed by atoms with Crippen molar-refractivity contribution in [3.8, 4) is 0 Å². The van der Waals surface area contributed by atoms with Gasteiger partial charge in [0, 0.05) is 0 Å². The van der Waals surface area contributed by atoms with Crippen molar-refractivity contribution in [2.75, 3.05) is 0 Å². The Labute approximate surface area is 85.1 Å². The molecule has 0 spiro atoms. The third kappa shape index (κ3) is 1.27. The van der Waals surface area contributed by atoms with E-state index >= 15 is 0 Å². The fourth-order valence-corrected chi connectivity index (χ4v) is 2.86. The lowest BCUT2D eigenvalue weighted by molar-refractivity contribution is 0.0250. The van der Waals surface area contributed by atoms with Crippen molar-refractivity contribution in [3.05, 3.63) is 35.4 Å². The van der Waals surface area contributed by atoms with Crippen LogP contribution in [0.1, 0.15) is 42.9 Å². The van der Waals surface area contributed by atoms with Crippen molar-refractivity contribution >= 4 is 0 Å². The van der Waals surface area contributed by atoms with E-state index in [0.29, 0.717) is 6.10 Å². The van der Waals surface area contributed by atoms with Gasteiger partial charge in [-0.05, 0) is 29.9 Å². The first-order valence-corrected chi connectivity index (χ1v) is 5.64. The lowest BCUT2D eigenvalue weighted by Crippen LogP contribution is -2.07. The number of benzene rings is 1. The molecule has 0 bridgehead atoms. The van der Waals surface area contributed by atoms with Gasteiger partial charge in [0.15, 0.2) is 0 Å². The molecule has 1 aliphatic heterocycles. The minimum atomic E-state index is 0.411. The zero-order valence-corrected chi connectivity index (χ0v) is 8.41. The molecule has 1 fully saturated rings. The Morgan fingerprint density at radius 1 is 1.07 bits per heavy atom. The van der Waals surface area contributed by atoms with Crippen LogP contribution in [0.5, 0.6) is 0 Å². The van der Waals surface area contributed by atoms with Crippen LogP contribution >= 0.6 is 0 Å². The molecule has 1 nitrogen and oxygen atoms in total.